The Morgan fingerprint density at radius 2 is 2.10 bits per heavy atom. The lowest BCUT2D eigenvalue weighted by atomic mass is 10.4. The van der Waals surface area contributed by atoms with Crippen LogP contribution in [0.3, 0.4) is 0 Å². The number of sulfonamides is 1. The van der Waals surface area contributed by atoms with E-state index in [1.54, 1.807) is 13.1 Å². The van der Waals surface area contributed by atoms with Crippen LogP contribution in [0, 0.1) is 0 Å². The van der Waals surface area contributed by atoms with Crippen molar-refractivity contribution in [3.05, 3.63) is 17.0 Å². The molecular weight excluding hydrogens is 296 g/mol. The number of rotatable bonds is 9. The first-order valence-electron chi connectivity index (χ1n) is 6.74. The Kier molecular flexibility index (Phi) is 7.11. The smallest absolute Gasteiger partial charge is 0.252 e. The lowest BCUT2D eigenvalue weighted by Crippen LogP contribution is -2.29. The maximum atomic E-state index is 12.3. The molecule has 0 atom stereocenters. The van der Waals surface area contributed by atoms with E-state index in [4.69, 9.17) is 4.74 Å². The van der Waals surface area contributed by atoms with E-state index in [-0.39, 0.29) is 0 Å². The van der Waals surface area contributed by atoms with Gasteiger partial charge >= 0.3 is 0 Å². The number of hydrogen-bond acceptors (Lipinski definition) is 5. The summed E-state index contributed by atoms with van der Waals surface area (Å²) < 4.78 is 31.6. The van der Waals surface area contributed by atoms with Gasteiger partial charge in [0.25, 0.3) is 10.0 Å². The summed E-state index contributed by atoms with van der Waals surface area (Å²) in [6.45, 7) is 8.09. The number of nitrogens with zero attached hydrogens (tertiary/aromatic N) is 1. The van der Waals surface area contributed by atoms with E-state index in [2.05, 4.69) is 19.2 Å². The van der Waals surface area contributed by atoms with Crippen molar-refractivity contribution < 1.29 is 13.2 Å². The first-order chi connectivity index (χ1) is 9.37. The van der Waals surface area contributed by atoms with Gasteiger partial charge in [0.05, 0.1) is 6.61 Å². The molecule has 0 saturated heterocycles. The lowest BCUT2D eigenvalue weighted by molar-refractivity contribution is 0.138. The van der Waals surface area contributed by atoms with Crippen LogP contribution in [0.2, 0.25) is 0 Å². The first kappa shape index (κ1) is 17.6. The molecule has 0 aliphatic rings. The third-order valence-electron chi connectivity index (χ3n) is 2.74. The van der Waals surface area contributed by atoms with Crippen molar-refractivity contribution in [2.45, 2.75) is 37.6 Å². The summed E-state index contributed by atoms with van der Waals surface area (Å²) in [4.78, 5) is 1.02. The molecule has 116 valence electrons. The number of thiophene rings is 1. The van der Waals surface area contributed by atoms with Gasteiger partial charge in [0.1, 0.15) is 4.21 Å². The lowest BCUT2D eigenvalue weighted by Gasteiger charge is -2.15. The molecular formula is C13H24N2O3S2. The summed E-state index contributed by atoms with van der Waals surface area (Å²) in [6.07, 6.45) is 0. The summed E-state index contributed by atoms with van der Waals surface area (Å²) in [6, 6.07) is 3.92. The van der Waals surface area contributed by atoms with Crippen LogP contribution in [0.4, 0.5) is 0 Å². The average molecular weight is 320 g/mol. The number of likely N-dealkylation sites (N-methyl/N-ethyl adjacent to an activating group) is 1. The van der Waals surface area contributed by atoms with Crippen LogP contribution in [-0.2, 0) is 21.3 Å². The summed E-state index contributed by atoms with van der Waals surface area (Å²) >= 11 is 1.32. The summed E-state index contributed by atoms with van der Waals surface area (Å²) in [5.41, 5.74) is 0. The van der Waals surface area contributed by atoms with Crippen molar-refractivity contribution in [2.24, 2.45) is 0 Å². The molecule has 0 amide bonds. The van der Waals surface area contributed by atoms with Crippen LogP contribution in [0.5, 0.6) is 0 Å². The molecule has 0 saturated carbocycles. The monoisotopic (exact) mass is 320 g/mol. The van der Waals surface area contributed by atoms with Gasteiger partial charge in [-0.3, -0.25) is 0 Å². The molecule has 7 heteroatoms. The Morgan fingerprint density at radius 1 is 1.40 bits per heavy atom. The number of ether oxygens (including phenoxy) is 1. The molecule has 0 bridgehead atoms. The van der Waals surface area contributed by atoms with Gasteiger partial charge in [-0.15, -0.1) is 11.3 Å². The van der Waals surface area contributed by atoms with Gasteiger partial charge in [-0.05, 0) is 19.1 Å². The zero-order chi connectivity index (χ0) is 15.2. The molecule has 20 heavy (non-hydrogen) atoms. The van der Waals surface area contributed by atoms with Crippen molar-refractivity contribution in [1.82, 2.24) is 9.62 Å². The van der Waals surface area contributed by atoms with Crippen molar-refractivity contribution in [3.63, 3.8) is 0 Å². The molecule has 1 heterocycles. The molecule has 5 nitrogen and oxygen atoms in total. The van der Waals surface area contributed by atoms with Gasteiger partial charge in [-0.25, -0.2) is 8.42 Å². The van der Waals surface area contributed by atoms with Crippen LogP contribution in [0.25, 0.3) is 0 Å². The van der Waals surface area contributed by atoms with E-state index in [0.717, 1.165) is 4.88 Å². The SMILES string of the molecule is CCOCCN(C)S(=O)(=O)c1ccc(CNC(C)C)s1. The predicted octanol–water partition coefficient (Wildman–Crippen LogP) is 1.90. The standard InChI is InChI=1S/C13H24N2O3S2/c1-5-18-9-8-15(4)20(16,17)13-7-6-12(19-13)10-14-11(2)3/h6-7,11,14H,5,8-10H2,1-4H3. The fraction of sp³-hybridized carbons (Fsp3) is 0.692. The summed E-state index contributed by atoms with van der Waals surface area (Å²) in [5, 5.41) is 3.28. The maximum absolute atomic E-state index is 12.3. The first-order valence-corrected chi connectivity index (χ1v) is 8.99. The molecule has 0 aliphatic carbocycles. The minimum Gasteiger partial charge on any atom is -0.380 e. The minimum absolute atomic E-state index is 0.369. The molecule has 0 aliphatic heterocycles. The fourth-order valence-electron chi connectivity index (χ4n) is 1.51. The molecule has 0 unspecified atom stereocenters. The molecule has 1 aromatic heterocycles. The van der Waals surface area contributed by atoms with E-state index < -0.39 is 10.0 Å². The third kappa shape index (κ3) is 5.14. The highest BCUT2D eigenvalue weighted by Gasteiger charge is 2.22. The molecule has 0 aromatic carbocycles. The highest BCUT2D eigenvalue weighted by Crippen LogP contribution is 2.24. The molecule has 0 radical (unpaired) electrons. The average Bonchev–Trinajstić information content (AvgIpc) is 2.86. The highest BCUT2D eigenvalue weighted by molar-refractivity contribution is 7.91. The van der Waals surface area contributed by atoms with Gasteiger partial charge in [-0.1, -0.05) is 13.8 Å². The largest absolute Gasteiger partial charge is 0.380 e. The Balaban J connectivity index is 2.67. The van der Waals surface area contributed by atoms with E-state index in [9.17, 15) is 8.42 Å². The second-order valence-electron chi connectivity index (χ2n) is 4.78. The Morgan fingerprint density at radius 3 is 2.70 bits per heavy atom. The van der Waals surface area contributed by atoms with E-state index in [0.29, 0.717) is 36.6 Å². The topological polar surface area (TPSA) is 58.6 Å². The van der Waals surface area contributed by atoms with Crippen molar-refractivity contribution in [3.8, 4) is 0 Å². The van der Waals surface area contributed by atoms with Gasteiger partial charge in [0.15, 0.2) is 0 Å². The van der Waals surface area contributed by atoms with E-state index >= 15 is 0 Å². The summed E-state index contributed by atoms with van der Waals surface area (Å²) in [7, 11) is -1.81. The second-order valence-corrected chi connectivity index (χ2v) is 8.22. The van der Waals surface area contributed by atoms with E-state index in [1.165, 1.54) is 15.6 Å². The molecule has 1 aromatic rings. The Hall–Kier alpha value is -0.470. The van der Waals surface area contributed by atoms with Crippen molar-refractivity contribution in [2.75, 3.05) is 26.8 Å². The van der Waals surface area contributed by atoms with Gasteiger partial charge < -0.3 is 10.1 Å². The van der Waals surface area contributed by atoms with Gasteiger partial charge in [0, 0.05) is 37.7 Å². The molecule has 0 spiro atoms. The zero-order valence-electron chi connectivity index (χ0n) is 12.5. The van der Waals surface area contributed by atoms with Gasteiger partial charge in [-0.2, -0.15) is 4.31 Å². The fourth-order valence-corrected chi connectivity index (χ4v) is 4.18. The van der Waals surface area contributed by atoms with Crippen LogP contribution in [0.1, 0.15) is 25.6 Å². The van der Waals surface area contributed by atoms with Crippen molar-refractivity contribution >= 4 is 21.4 Å². The number of hydrogen-bond donors (Lipinski definition) is 1. The second kappa shape index (κ2) is 8.09. The Labute approximate surface area is 126 Å². The highest BCUT2D eigenvalue weighted by atomic mass is 32.2. The van der Waals surface area contributed by atoms with Crippen molar-refractivity contribution in [1.29, 1.82) is 0 Å². The van der Waals surface area contributed by atoms with Gasteiger partial charge in [0.2, 0.25) is 0 Å². The van der Waals surface area contributed by atoms with Crippen LogP contribution < -0.4 is 5.32 Å². The molecule has 1 rings (SSSR count). The Bertz CT molecular complexity index is 497. The summed E-state index contributed by atoms with van der Waals surface area (Å²) in [5.74, 6) is 0. The minimum atomic E-state index is -3.39. The molecule has 1 N–H and O–H groups in total. The quantitative estimate of drug-likeness (QED) is 0.706. The number of nitrogens with one attached hydrogen (secondary N) is 1. The maximum Gasteiger partial charge on any atom is 0.252 e. The van der Waals surface area contributed by atoms with Crippen LogP contribution >= 0.6 is 11.3 Å². The zero-order valence-corrected chi connectivity index (χ0v) is 14.2. The van der Waals surface area contributed by atoms with Crippen LogP contribution in [-0.4, -0.2) is 45.6 Å². The predicted molar refractivity (Wildman–Crippen MR) is 82.6 cm³/mol. The third-order valence-corrected chi connectivity index (χ3v) is 6.15. The van der Waals surface area contributed by atoms with Crippen LogP contribution in [0.15, 0.2) is 16.3 Å². The molecule has 0 fully saturated rings. The van der Waals surface area contributed by atoms with E-state index in [1.807, 2.05) is 13.0 Å². The normalized spacial score (nSPS) is 12.5.